The summed E-state index contributed by atoms with van der Waals surface area (Å²) in [5, 5.41) is 4.62. The van der Waals surface area contributed by atoms with Crippen molar-refractivity contribution in [3.05, 3.63) is 41.3 Å². The van der Waals surface area contributed by atoms with Crippen LogP contribution in [0.3, 0.4) is 0 Å². The summed E-state index contributed by atoms with van der Waals surface area (Å²) in [5.41, 5.74) is 4.96. The van der Waals surface area contributed by atoms with Crippen molar-refractivity contribution < 1.29 is 4.42 Å². The molecule has 0 spiro atoms. The molecule has 1 N–H and O–H groups in total. The fourth-order valence-corrected chi connectivity index (χ4v) is 3.50. The summed E-state index contributed by atoms with van der Waals surface area (Å²) in [6.45, 7) is 7.37. The number of nitrogens with one attached hydrogen (secondary N) is 1. The SMILES string of the molecule is CCNc1cc2oc3cc(=[N+]4CCCCC4)ccc-3nc2cc1C. The Morgan fingerprint density at radius 3 is 2.75 bits per heavy atom. The van der Waals surface area contributed by atoms with Gasteiger partial charge in [0.25, 0.3) is 0 Å². The first kappa shape index (κ1) is 15.2. The summed E-state index contributed by atoms with van der Waals surface area (Å²) in [6, 6.07) is 10.5. The molecule has 1 aromatic rings. The maximum atomic E-state index is 6.19. The lowest BCUT2D eigenvalue weighted by molar-refractivity contribution is 0.451. The first-order valence-electron chi connectivity index (χ1n) is 8.91. The van der Waals surface area contributed by atoms with E-state index in [0.717, 1.165) is 47.9 Å². The second kappa shape index (κ2) is 6.27. The summed E-state index contributed by atoms with van der Waals surface area (Å²) >= 11 is 0. The predicted molar refractivity (Wildman–Crippen MR) is 98.4 cm³/mol. The molecule has 0 amide bonds. The standard InChI is InChI=1S/C20H23N3O/c1-3-21-17-13-20-18(11-14(17)2)22-16-8-7-15(12-19(16)24-20)23-9-5-4-6-10-23/h7-8,11-13H,3-6,9-10H2,1-2H3/p+1. The number of benzene rings is 2. The second-order valence-corrected chi connectivity index (χ2v) is 6.58. The van der Waals surface area contributed by atoms with Gasteiger partial charge < -0.3 is 9.73 Å². The number of aromatic nitrogens is 1. The first-order valence-corrected chi connectivity index (χ1v) is 8.91. The zero-order valence-corrected chi connectivity index (χ0v) is 14.4. The Balaban J connectivity index is 1.89. The molecular formula is C20H24N3O+. The van der Waals surface area contributed by atoms with Crippen molar-refractivity contribution in [2.45, 2.75) is 33.1 Å². The van der Waals surface area contributed by atoms with E-state index in [0.29, 0.717) is 0 Å². The summed E-state index contributed by atoms with van der Waals surface area (Å²) in [4.78, 5) is 4.79. The minimum absolute atomic E-state index is 0.833. The number of aryl methyl sites for hydroxylation is 1. The van der Waals surface area contributed by atoms with E-state index in [-0.39, 0.29) is 0 Å². The van der Waals surface area contributed by atoms with E-state index in [9.17, 15) is 0 Å². The fourth-order valence-electron chi connectivity index (χ4n) is 3.50. The zero-order chi connectivity index (χ0) is 16.5. The van der Waals surface area contributed by atoms with Gasteiger partial charge in [-0.3, -0.25) is 0 Å². The van der Waals surface area contributed by atoms with Gasteiger partial charge in [0.05, 0.1) is 6.07 Å². The van der Waals surface area contributed by atoms with Gasteiger partial charge in [0.1, 0.15) is 24.3 Å². The van der Waals surface area contributed by atoms with Gasteiger partial charge >= 0.3 is 0 Å². The van der Waals surface area contributed by atoms with Crippen LogP contribution in [0, 0.1) is 6.92 Å². The van der Waals surface area contributed by atoms with Crippen molar-refractivity contribution >= 4 is 16.8 Å². The van der Waals surface area contributed by atoms with Gasteiger partial charge in [-0.25, -0.2) is 9.56 Å². The molecule has 1 fully saturated rings. The molecule has 0 radical (unpaired) electrons. The van der Waals surface area contributed by atoms with Crippen LogP contribution < -0.4 is 15.2 Å². The lowest BCUT2D eigenvalue weighted by Gasteiger charge is -2.12. The number of nitrogens with zero attached hydrogens (tertiary/aromatic N) is 2. The van der Waals surface area contributed by atoms with E-state index in [4.69, 9.17) is 9.40 Å². The smallest absolute Gasteiger partial charge is 0.203 e. The van der Waals surface area contributed by atoms with E-state index in [2.05, 4.69) is 54.1 Å². The lowest BCUT2D eigenvalue weighted by atomic mass is 10.1. The monoisotopic (exact) mass is 322 g/mol. The predicted octanol–water partition coefficient (Wildman–Crippen LogP) is 3.63. The van der Waals surface area contributed by atoms with E-state index >= 15 is 0 Å². The number of rotatable bonds is 2. The average molecular weight is 322 g/mol. The fraction of sp³-hybridized carbons (Fsp3) is 0.400. The van der Waals surface area contributed by atoms with E-state index in [1.165, 1.54) is 30.2 Å². The first-order chi connectivity index (χ1) is 11.7. The Morgan fingerprint density at radius 2 is 1.96 bits per heavy atom. The van der Waals surface area contributed by atoms with Gasteiger partial charge in [-0.05, 0) is 38.0 Å². The number of anilines is 1. The molecule has 0 unspecified atom stereocenters. The van der Waals surface area contributed by atoms with E-state index in [1.807, 2.05) is 0 Å². The normalized spacial score (nSPS) is 15.2. The third-order valence-corrected chi connectivity index (χ3v) is 4.80. The molecule has 1 aromatic carbocycles. The van der Waals surface area contributed by atoms with Crippen molar-refractivity contribution in [3.63, 3.8) is 0 Å². The van der Waals surface area contributed by atoms with Crippen LogP contribution in [0.5, 0.6) is 0 Å². The molecule has 2 aliphatic heterocycles. The third kappa shape index (κ3) is 2.77. The molecular weight excluding hydrogens is 298 g/mol. The number of hydrogen-bond donors (Lipinski definition) is 1. The molecule has 4 nitrogen and oxygen atoms in total. The topological polar surface area (TPSA) is 41.1 Å². The molecule has 4 rings (SSSR count). The molecule has 2 heterocycles. The highest BCUT2D eigenvalue weighted by atomic mass is 16.3. The summed E-state index contributed by atoms with van der Waals surface area (Å²) in [6.07, 6.45) is 3.89. The van der Waals surface area contributed by atoms with Gasteiger partial charge in [-0.2, -0.15) is 0 Å². The molecule has 4 heteroatoms. The molecule has 1 saturated heterocycles. The molecule has 0 bridgehead atoms. The summed E-state index contributed by atoms with van der Waals surface area (Å²) in [5.74, 6) is 0.858. The maximum absolute atomic E-state index is 6.19. The van der Waals surface area contributed by atoms with Crippen LogP contribution in [0.15, 0.2) is 34.7 Å². The van der Waals surface area contributed by atoms with Gasteiger partial charge in [-0.1, -0.05) is 0 Å². The average Bonchev–Trinajstić information content (AvgIpc) is 2.61. The Hall–Kier alpha value is -2.36. The Kier molecular flexibility index (Phi) is 3.97. The molecule has 0 saturated carbocycles. The second-order valence-electron chi connectivity index (χ2n) is 6.58. The highest BCUT2D eigenvalue weighted by Gasteiger charge is 2.15. The van der Waals surface area contributed by atoms with Crippen LogP contribution in [0.2, 0.25) is 0 Å². The third-order valence-electron chi connectivity index (χ3n) is 4.80. The van der Waals surface area contributed by atoms with Crippen LogP contribution in [0.1, 0.15) is 31.7 Å². The van der Waals surface area contributed by atoms with Crippen molar-refractivity contribution in [3.8, 4) is 11.5 Å². The molecule has 0 atom stereocenters. The van der Waals surface area contributed by atoms with Crippen molar-refractivity contribution in [1.29, 1.82) is 0 Å². The van der Waals surface area contributed by atoms with Crippen LogP contribution in [0.25, 0.3) is 22.6 Å². The minimum Gasteiger partial charge on any atom is -0.452 e. The molecule has 24 heavy (non-hydrogen) atoms. The summed E-state index contributed by atoms with van der Waals surface area (Å²) < 4.78 is 8.64. The molecule has 3 aliphatic rings. The number of fused-ring (bicyclic) bond motifs is 2. The van der Waals surface area contributed by atoms with Gasteiger partial charge in [0.15, 0.2) is 11.3 Å². The molecule has 1 aliphatic carbocycles. The van der Waals surface area contributed by atoms with Crippen molar-refractivity contribution in [1.82, 2.24) is 9.56 Å². The van der Waals surface area contributed by atoms with Crippen LogP contribution >= 0.6 is 0 Å². The molecule has 124 valence electrons. The minimum atomic E-state index is 0.833. The summed E-state index contributed by atoms with van der Waals surface area (Å²) in [7, 11) is 0. The van der Waals surface area contributed by atoms with Gasteiger partial charge in [0.2, 0.25) is 5.36 Å². The maximum Gasteiger partial charge on any atom is 0.203 e. The highest BCUT2D eigenvalue weighted by molar-refractivity contribution is 5.81. The highest BCUT2D eigenvalue weighted by Crippen LogP contribution is 2.27. The van der Waals surface area contributed by atoms with Gasteiger partial charge in [0, 0.05) is 37.2 Å². The number of piperidine rings is 1. The van der Waals surface area contributed by atoms with Gasteiger partial charge in [-0.15, -0.1) is 0 Å². The van der Waals surface area contributed by atoms with Crippen LogP contribution in [-0.2, 0) is 0 Å². The Bertz CT molecular complexity index is 918. The largest absolute Gasteiger partial charge is 0.452 e. The van der Waals surface area contributed by atoms with E-state index in [1.54, 1.807) is 0 Å². The van der Waals surface area contributed by atoms with E-state index < -0.39 is 0 Å². The number of hydrogen-bond acceptors (Lipinski definition) is 3. The Morgan fingerprint density at radius 1 is 1.12 bits per heavy atom. The lowest BCUT2D eigenvalue weighted by Crippen LogP contribution is -2.34. The zero-order valence-electron chi connectivity index (χ0n) is 14.4. The van der Waals surface area contributed by atoms with Crippen molar-refractivity contribution in [2.75, 3.05) is 25.0 Å². The van der Waals surface area contributed by atoms with Crippen LogP contribution in [-0.4, -0.2) is 24.6 Å². The van der Waals surface area contributed by atoms with Crippen molar-refractivity contribution in [2.24, 2.45) is 0 Å². The quantitative estimate of drug-likeness (QED) is 0.578. The molecule has 0 aromatic heterocycles. The Labute approximate surface area is 142 Å². The van der Waals surface area contributed by atoms with Crippen LogP contribution in [0.4, 0.5) is 5.69 Å².